The molecule has 0 spiro atoms. The predicted molar refractivity (Wildman–Crippen MR) is 112 cm³/mol. The zero-order valence-corrected chi connectivity index (χ0v) is 16.6. The number of hydrogen-bond donors (Lipinski definition) is 2. The molecule has 0 aliphatic rings. The van der Waals surface area contributed by atoms with E-state index in [-0.39, 0.29) is 11.1 Å². The molecule has 7 heteroatoms. The molecule has 1 atom stereocenters. The molecule has 0 amide bonds. The Morgan fingerprint density at radius 3 is 2.64 bits per heavy atom. The molecule has 28 heavy (non-hydrogen) atoms. The van der Waals surface area contributed by atoms with Gasteiger partial charge in [-0.15, -0.1) is 11.3 Å². The number of nitrogens with one attached hydrogen (secondary N) is 1. The van der Waals surface area contributed by atoms with Crippen LogP contribution in [0.15, 0.2) is 40.5 Å². The molecule has 144 valence electrons. The first-order valence-electron chi connectivity index (χ1n) is 8.93. The predicted octanol–water partition coefficient (Wildman–Crippen LogP) is 4.31. The van der Waals surface area contributed by atoms with E-state index >= 15 is 0 Å². The van der Waals surface area contributed by atoms with Gasteiger partial charge in [0.15, 0.2) is 0 Å². The summed E-state index contributed by atoms with van der Waals surface area (Å²) in [5.74, 6) is -0.933. The summed E-state index contributed by atoms with van der Waals surface area (Å²) in [7, 11) is 4.07. The van der Waals surface area contributed by atoms with Crippen molar-refractivity contribution in [1.29, 1.82) is 0 Å². The van der Waals surface area contributed by atoms with Gasteiger partial charge >= 0.3 is 0 Å². The Bertz CT molecular complexity index is 1230. The number of H-pyrrole nitrogens is 1. The van der Waals surface area contributed by atoms with Gasteiger partial charge in [-0.2, -0.15) is 9.37 Å². The molecule has 4 rings (SSSR count). The average molecular weight is 397 g/mol. The van der Waals surface area contributed by atoms with E-state index < -0.39 is 11.8 Å². The lowest BCUT2D eigenvalue weighted by Crippen LogP contribution is -2.18. The van der Waals surface area contributed by atoms with Crippen molar-refractivity contribution in [2.75, 3.05) is 20.6 Å². The lowest BCUT2D eigenvalue weighted by Gasteiger charge is -2.18. The number of halogens is 1. The fraction of sp³-hybridized carbons (Fsp3) is 0.238. The Morgan fingerprint density at radius 1 is 1.25 bits per heavy atom. The second kappa shape index (κ2) is 7.00. The third-order valence-corrected chi connectivity index (χ3v) is 5.83. The lowest BCUT2D eigenvalue weighted by molar-refractivity contribution is 0.383. The highest BCUT2D eigenvalue weighted by molar-refractivity contribution is 7.17. The maximum absolute atomic E-state index is 14.4. The van der Waals surface area contributed by atoms with Gasteiger partial charge in [0.05, 0.1) is 5.56 Å². The molecule has 0 radical (unpaired) electrons. The fourth-order valence-electron chi connectivity index (χ4n) is 3.69. The minimum absolute atomic E-state index is 0.00810. The van der Waals surface area contributed by atoms with E-state index in [1.54, 1.807) is 11.4 Å². The van der Waals surface area contributed by atoms with Crippen LogP contribution < -0.4 is 5.56 Å². The molecule has 0 bridgehead atoms. The molecule has 5 nitrogen and oxygen atoms in total. The number of aromatic amines is 1. The van der Waals surface area contributed by atoms with Gasteiger partial charge in [0.1, 0.15) is 10.2 Å². The van der Waals surface area contributed by atoms with E-state index in [0.29, 0.717) is 27.0 Å². The van der Waals surface area contributed by atoms with Crippen LogP contribution in [0.1, 0.15) is 18.4 Å². The summed E-state index contributed by atoms with van der Waals surface area (Å²) in [5, 5.41) is 13.3. The van der Waals surface area contributed by atoms with Crippen LogP contribution in [0.25, 0.3) is 32.1 Å². The van der Waals surface area contributed by atoms with Gasteiger partial charge in [0, 0.05) is 17.3 Å². The minimum Gasteiger partial charge on any atom is -0.493 e. The first kappa shape index (κ1) is 18.6. The summed E-state index contributed by atoms with van der Waals surface area (Å²) in [6.45, 7) is 3.07. The van der Waals surface area contributed by atoms with Crippen molar-refractivity contribution in [2.45, 2.75) is 12.8 Å². The molecule has 0 aliphatic carbocycles. The first-order valence-corrected chi connectivity index (χ1v) is 9.81. The van der Waals surface area contributed by atoms with Gasteiger partial charge in [-0.25, -0.2) is 0 Å². The van der Waals surface area contributed by atoms with Gasteiger partial charge in [-0.3, -0.25) is 4.79 Å². The first-order chi connectivity index (χ1) is 13.4. The molecule has 0 aliphatic heterocycles. The van der Waals surface area contributed by atoms with Crippen molar-refractivity contribution in [2.24, 2.45) is 0 Å². The van der Waals surface area contributed by atoms with E-state index in [1.807, 2.05) is 38.4 Å². The Labute approximate surface area is 165 Å². The van der Waals surface area contributed by atoms with E-state index in [1.165, 1.54) is 16.9 Å². The number of hydrogen-bond acceptors (Lipinski definition) is 5. The van der Waals surface area contributed by atoms with Crippen LogP contribution in [0.3, 0.4) is 0 Å². The second-order valence-corrected chi connectivity index (χ2v) is 8.17. The van der Waals surface area contributed by atoms with Crippen molar-refractivity contribution in [3.8, 4) is 17.0 Å². The van der Waals surface area contributed by atoms with Crippen molar-refractivity contribution in [3.63, 3.8) is 0 Å². The summed E-state index contributed by atoms with van der Waals surface area (Å²) in [5.41, 5.74) is 1.96. The van der Waals surface area contributed by atoms with E-state index in [9.17, 15) is 14.3 Å². The summed E-state index contributed by atoms with van der Waals surface area (Å²) in [6, 6.07) is 9.59. The van der Waals surface area contributed by atoms with Crippen LogP contribution in [-0.2, 0) is 0 Å². The topological polar surface area (TPSA) is 69.2 Å². The Morgan fingerprint density at radius 2 is 1.96 bits per heavy atom. The third kappa shape index (κ3) is 3.06. The van der Waals surface area contributed by atoms with Crippen LogP contribution in [-0.4, -0.2) is 40.6 Å². The third-order valence-electron chi connectivity index (χ3n) is 4.92. The summed E-state index contributed by atoms with van der Waals surface area (Å²) < 4.78 is 14.9. The molecule has 2 N–H and O–H groups in total. The molecule has 4 aromatic rings. The Hall–Kier alpha value is -2.77. The highest BCUT2D eigenvalue weighted by Gasteiger charge is 2.20. The zero-order valence-electron chi connectivity index (χ0n) is 15.8. The average Bonchev–Trinajstić information content (AvgIpc) is 3.13. The van der Waals surface area contributed by atoms with Crippen molar-refractivity contribution in [1.82, 2.24) is 14.9 Å². The number of pyridine rings is 2. The fourth-order valence-corrected chi connectivity index (χ4v) is 4.48. The maximum Gasteiger partial charge on any atom is 0.266 e. The van der Waals surface area contributed by atoms with Gasteiger partial charge in [0.2, 0.25) is 11.8 Å². The molecule has 0 saturated carbocycles. The normalized spacial score (nSPS) is 12.9. The molecule has 3 heterocycles. The number of thiophene rings is 1. The monoisotopic (exact) mass is 397 g/mol. The quantitative estimate of drug-likeness (QED) is 0.504. The van der Waals surface area contributed by atoms with Gasteiger partial charge < -0.3 is 15.0 Å². The van der Waals surface area contributed by atoms with Crippen molar-refractivity contribution >= 4 is 32.3 Å². The summed E-state index contributed by atoms with van der Waals surface area (Å²) in [6.07, 6.45) is 0. The van der Waals surface area contributed by atoms with Crippen LogP contribution in [0.4, 0.5) is 4.39 Å². The largest absolute Gasteiger partial charge is 0.493 e. The minimum atomic E-state index is -0.891. The van der Waals surface area contributed by atoms with Gasteiger partial charge in [0.25, 0.3) is 5.56 Å². The van der Waals surface area contributed by atoms with E-state index in [4.69, 9.17) is 0 Å². The molecular weight excluding hydrogens is 377 g/mol. The zero-order chi connectivity index (χ0) is 20.0. The number of benzene rings is 1. The van der Waals surface area contributed by atoms with E-state index in [0.717, 1.165) is 12.1 Å². The van der Waals surface area contributed by atoms with Crippen molar-refractivity contribution < 1.29 is 9.50 Å². The van der Waals surface area contributed by atoms with E-state index in [2.05, 4.69) is 21.8 Å². The Kier molecular flexibility index (Phi) is 4.64. The number of nitrogens with zero attached hydrogens (tertiary/aromatic N) is 2. The van der Waals surface area contributed by atoms with Crippen LogP contribution >= 0.6 is 11.3 Å². The molecule has 0 fully saturated rings. The standard InChI is InChI=1S/C21H20FN3O2S/c1-11(10-25(2)3)12-4-6-13(7-5-12)15-16-14-8-9-28-18(14)21(27)23-17(16)19(22)24-20(15)26/h4-9,11H,10H2,1-3H3,(H,23,27)(H,24,26). The molecule has 3 aromatic heterocycles. The number of fused-ring (bicyclic) bond motifs is 3. The SMILES string of the molecule is CC(CN(C)C)c1ccc(-c2c(O)nc(F)c3[nH]c(=O)c4sccc4c23)cc1. The molecule has 1 unspecified atom stereocenters. The Balaban J connectivity index is 1.94. The summed E-state index contributed by atoms with van der Waals surface area (Å²) >= 11 is 1.28. The molecular formula is C21H20FN3O2S. The number of likely N-dealkylation sites (N-methyl/N-ethyl adjacent to an activating group) is 1. The van der Waals surface area contributed by atoms with Crippen molar-refractivity contribution in [3.05, 3.63) is 57.6 Å². The second-order valence-electron chi connectivity index (χ2n) is 7.25. The van der Waals surface area contributed by atoms with Gasteiger partial charge in [-0.05, 0) is 42.6 Å². The number of rotatable bonds is 4. The summed E-state index contributed by atoms with van der Waals surface area (Å²) in [4.78, 5) is 20.6. The number of aromatic hydroxyl groups is 1. The smallest absolute Gasteiger partial charge is 0.266 e. The maximum atomic E-state index is 14.4. The van der Waals surface area contributed by atoms with Crippen LogP contribution in [0.5, 0.6) is 5.88 Å². The van der Waals surface area contributed by atoms with Crippen LogP contribution in [0, 0.1) is 5.95 Å². The molecule has 0 saturated heterocycles. The van der Waals surface area contributed by atoms with Crippen LogP contribution in [0.2, 0.25) is 0 Å². The number of aromatic nitrogens is 2. The highest BCUT2D eigenvalue weighted by atomic mass is 32.1. The van der Waals surface area contributed by atoms with Gasteiger partial charge in [-0.1, -0.05) is 31.2 Å². The lowest BCUT2D eigenvalue weighted by atomic mass is 9.95. The highest BCUT2D eigenvalue weighted by Crippen LogP contribution is 2.39. The molecule has 1 aromatic carbocycles.